The Morgan fingerprint density at radius 2 is 1.88 bits per heavy atom. The molecule has 8 nitrogen and oxygen atoms in total. The third kappa shape index (κ3) is 4.46. The minimum atomic E-state index is -0.883. The van der Waals surface area contributed by atoms with Gasteiger partial charge in [-0.3, -0.25) is 14.5 Å². The van der Waals surface area contributed by atoms with Crippen molar-refractivity contribution in [1.29, 1.82) is 0 Å². The van der Waals surface area contributed by atoms with Gasteiger partial charge in [-0.2, -0.15) is 0 Å². The number of Topliss-reactive ketones (excluding diaryl/α,β-unsaturated/α-hetero) is 1. The van der Waals surface area contributed by atoms with Gasteiger partial charge in [-0.05, 0) is 73.0 Å². The molecule has 0 spiro atoms. The lowest BCUT2D eigenvalue weighted by atomic mass is 9.94. The molecule has 0 saturated carbocycles. The molecule has 0 bridgehead atoms. The molecule has 0 unspecified atom stereocenters. The van der Waals surface area contributed by atoms with Crippen molar-refractivity contribution in [2.75, 3.05) is 18.6 Å². The van der Waals surface area contributed by atoms with Gasteiger partial charge in [-0.1, -0.05) is 30.4 Å². The molecule has 1 N–H and O–H groups in total. The van der Waals surface area contributed by atoms with Crippen LogP contribution in [0.15, 0.2) is 66.2 Å². The lowest BCUT2D eigenvalue weighted by Gasteiger charge is -2.23. The van der Waals surface area contributed by atoms with Crippen LogP contribution in [-0.4, -0.2) is 41.6 Å². The number of hydrogen-bond acceptors (Lipinski definition) is 8. The van der Waals surface area contributed by atoms with E-state index in [9.17, 15) is 14.7 Å². The summed E-state index contributed by atoms with van der Waals surface area (Å²) in [5.41, 5.74) is 2.74. The van der Waals surface area contributed by atoms with Crippen molar-refractivity contribution >= 4 is 44.1 Å². The van der Waals surface area contributed by atoms with Crippen LogP contribution in [0.25, 0.3) is 16.0 Å². The fourth-order valence-electron chi connectivity index (χ4n) is 5.16. The zero-order valence-corrected chi connectivity index (χ0v) is 23.2. The number of aromatic nitrogens is 1. The predicted octanol–water partition coefficient (Wildman–Crippen LogP) is 6.04. The lowest BCUT2D eigenvalue weighted by Crippen LogP contribution is -2.29. The summed E-state index contributed by atoms with van der Waals surface area (Å²) in [5.74, 6) is 0.356. The van der Waals surface area contributed by atoms with E-state index >= 15 is 0 Å². The Labute approximate surface area is 235 Å². The first-order valence-electron chi connectivity index (χ1n) is 13.2. The molecule has 1 fully saturated rings. The Morgan fingerprint density at radius 3 is 2.62 bits per heavy atom. The smallest absolute Gasteiger partial charge is 0.301 e. The van der Waals surface area contributed by atoms with Crippen LogP contribution < -0.4 is 19.1 Å². The standard InChI is InChI=1S/C31H28N2O6S/c1-4-13-38-21-8-5-18(6-9-21)27-26(28(34)19-7-12-24-20(15-19)14-17(2)39-24)29(35)30(36)33(27)31-32-23-11-10-22(37-3)16-25(23)40-31/h5-12,15-17,27,34H,4,13-14H2,1-3H3/b28-26+/t17-,27-/m0/s1. The molecule has 3 heterocycles. The second-order valence-corrected chi connectivity index (χ2v) is 10.9. The average molecular weight is 557 g/mol. The maximum absolute atomic E-state index is 13.6. The molecule has 1 amide bonds. The lowest BCUT2D eigenvalue weighted by molar-refractivity contribution is -0.132. The van der Waals surface area contributed by atoms with Crippen LogP contribution >= 0.6 is 11.3 Å². The SMILES string of the molecule is CCCOc1ccc([C@H]2/C(=C(\O)c3ccc4c(c3)C[C@H](C)O4)C(=O)C(=O)N2c2nc3ccc(OC)cc3s2)cc1. The Kier molecular flexibility index (Phi) is 6.67. The summed E-state index contributed by atoms with van der Waals surface area (Å²) in [7, 11) is 1.58. The van der Waals surface area contributed by atoms with Crippen LogP contribution in [-0.2, 0) is 16.0 Å². The Morgan fingerprint density at radius 1 is 1.10 bits per heavy atom. The largest absolute Gasteiger partial charge is 0.507 e. The number of anilines is 1. The highest BCUT2D eigenvalue weighted by Gasteiger charge is 2.48. The van der Waals surface area contributed by atoms with E-state index in [1.165, 1.54) is 16.2 Å². The number of ether oxygens (including phenoxy) is 3. The number of aliphatic hydroxyl groups is 1. The van der Waals surface area contributed by atoms with E-state index in [1.807, 2.05) is 56.3 Å². The molecule has 2 aliphatic rings. The Hall–Kier alpha value is -4.37. The van der Waals surface area contributed by atoms with Crippen molar-refractivity contribution in [3.8, 4) is 17.2 Å². The summed E-state index contributed by atoms with van der Waals surface area (Å²) in [6.45, 7) is 4.58. The van der Waals surface area contributed by atoms with Crippen LogP contribution in [0.5, 0.6) is 17.2 Å². The van der Waals surface area contributed by atoms with Gasteiger partial charge in [0.1, 0.15) is 29.1 Å². The molecular formula is C31H28N2O6S. The van der Waals surface area contributed by atoms with Crippen molar-refractivity contribution < 1.29 is 28.9 Å². The number of carbonyl (C=O) groups is 2. The van der Waals surface area contributed by atoms with Crippen LogP contribution in [0.4, 0.5) is 5.13 Å². The summed E-state index contributed by atoms with van der Waals surface area (Å²) in [6.07, 6.45) is 1.60. The summed E-state index contributed by atoms with van der Waals surface area (Å²) in [6, 6.07) is 17.1. The molecule has 0 aliphatic carbocycles. The number of hydrogen-bond donors (Lipinski definition) is 1. The van der Waals surface area contributed by atoms with E-state index in [2.05, 4.69) is 4.98 Å². The van der Waals surface area contributed by atoms with Crippen LogP contribution in [0.3, 0.4) is 0 Å². The van der Waals surface area contributed by atoms with Gasteiger partial charge in [0.05, 0.1) is 35.5 Å². The molecule has 9 heteroatoms. The molecule has 40 heavy (non-hydrogen) atoms. The second kappa shape index (κ2) is 10.3. The number of benzene rings is 3. The number of ketones is 1. The van der Waals surface area contributed by atoms with Crippen LogP contribution in [0.1, 0.15) is 43.0 Å². The van der Waals surface area contributed by atoms with Gasteiger partial charge in [-0.25, -0.2) is 4.98 Å². The average Bonchev–Trinajstić information content (AvgIpc) is 3.63. The number of amides is 1. The first-order chi connectivity index (χ1) is 19.4. The molecule has 2 atom stereocenters. The van der Waals surface area contributed by atoms with Crippen molar-refractivity contribution in [1.82, 2.24) is 4.98 Å². The zero-order valence-electron chi connectivity index (χ0n) is 22.3. The third-order valence-electron chi connectivity index (χ3n) is 7.07. The van der Waals surface area contributed by atoms with E-state index in [-0.39, 0.29) is 17.4 Å². The van der Waals surface area contributed by atoms with Gasteiger partial charge in [-0.15, -0.1) is 0 Å². The second-order valence-electron chi connectivity index (χ2n) is 9.87. The monoisotopic (exact) mass is 556 g/mol. The van der Waals surface area contributed by atoms with Crippen molar-refractivity contribution in [3.63, 3.8) is 0 Å². The quantitative estimate of drug-likeness (QED) is 0.168. The highest BCUT2D eigenvalue weighted by molar-refractivity contribution is 7.22. The van der Waals surface area contributed by atoms with Gasteiger partial charge in [0.25, 0.3) is 5.78 Å². The van der Waals surface area contributed by atoms with E-state index < -0.39 is 17.7 Å². The molecule has 1 saturated heterocycles. The van der Waals surface area contributed by atoms with E-state index in [0.717, 1.165) is 22.4 Å². The molecule has 6 rings (SSSR count). The Bertz CT molecular complexity index is 1660. The highest BCUT2D eigenvalue weighted by Crippen LogP contribution is 2.45. The highest BCUT2D eigenvalue weighted by atomic mass is 32.1. The minimum absolute atomic E-state index is 0.0102. The van der Waals surface area contributed by atoms with E-state index in [0.29, 0.717) is 46.3 Å². The van der Waals surface area contributed by atoms with Crippen LogP contribution in [0, 0.1) is 0 Å². The first-order valence-corrected chi connectivity index (χ1v) is 14.0. The van der Waals surface area contributed by atoms with Gasteiger partial charge < -0.3 is 19.3 Å². The van der Waals surface area contributed by atoms with Gasteiger partial charge >= 0.3 is 5.91 Å². The summed E-state index contributed by atoms with van der Waals surface area (Å²) < 4.78 is 17.7. The normalized spacial score (nSPS) is 19.6. The zero-order chi connectivity index (χ0) is 28.0. The molecule has 4 aromatic rings. The van der Waals surface area contributed by atoms with Gasteiger partial charge in [0.15, 0.2) is 5.13 Å². The molecule has 0 radical (unpaired) electrons. The fourth-order valence-corrected chi connectivity index (χ4v) is 6.18. The summed E-state index contributed by atoms with van der Waals surface area (Å²) in [5, 5.41) is 11.9. The molecule has 2 aliphatic heterocycles. The van der Waals surface area contributed by atoms with Crippen LogP contribution in [0.2, 0.25) is 0 Å². The fraction of sp³-hybridized carbons (Fsp3) is 0.258. The number of methoxy groups -OCH3 is 1. The topological polar surface area (TPSA) is 98.2 Å². The van der Waals surface area contributed by atoms with Crippen molar-refractivity contribution in [2.24, 2.45) is 0 Å². The Balaban J connectivity index is 1.49. The number of thiazole rings is 1. The maximum Gasteiger partial charge on any atom is 0.301 e. The summed E-state index contributed by atoms with van der Waals surface area (Å²) in [4.78, 5) is 33.3. The maximum atomic E-state index is 13.6. The first kappa shape index (κ1) is 25.9. The molecule has 204 valence electrons. The number of aliphatic hydroxyl groups excluding tert-OH is 1. The molecule has 3 aromatic carbocycles. The van der Waals surface area contributed by atoms with Gasteiger partial charge in [0.2, 0.25) is 0 Å². The number of carbonyl (C=O) groups excluding carboxylic acids is 2. The number of nitrogens with zero attached hydrogens (tertiary/aromatic N) is 2. The minimum Gasteiger partial charge on any atom is -0.507 e. The van der Waals surface area contributed by atoms with E-state index in [1.54, 1.807) is 25.3 Å². The summed E-state index contributed by atoms with van der Waals surface area (Å²) >= 11 is 1.28. The molecular weight excluding hydrogens is 528 g/mol. The third-order valence-corrected chi connectivity index (χ3v) is 8.09. The van der Waals surface area contributed by atoms with Crippen molar-refractivity contribution in [2.45, 2.75) is 38.8 Å². The predicted molar refractivity (Wildman–Crippen MR) is 153 cm³/mol. The van der Waals surface area contributed by atoms with Gasteiger partial charge in [0, 0.05) is 12.0 Å². The molecule has 1 aromatic heterocycles. The van der Waals surface area contributed by atoms with Crippen molar-refractivity contribution in [3.05, 3.63) is 82.9 Å². The number of fused-ring (bicyclic) bond motifs is 2. The van der Waals surface area contributed by atoms with E-state index in [4.69, 9.17) is 14.2 Å². The number of rotatable bonds is 7.